The second-order valence-corrected chi connectivity index (χ2v) is 3.37. The zero-order chi connectivity index (χ0) is 11.7. The highest BCUT2D eigenvalue weighted by Crippen LogP contribution is 2.22. The van der Waals surface area contributed by atoms with Crippen LogP contribution in [-0.4, -0.2) is 15.2 Å². The van der Waals surface area contributed by atoms with E-state index in [1.807, 2.05) is 0 Å². The Kier molecular flexibility index (Phi) is 2.57. The second-order valence-electron chi connectivity index (χ2n) is 3.37. The first-order valence-electron chi connectivity index (χ1n) is 4.65. The van der Waals surface area contributed by atoms with Crippen molar-refractivity contribution in [2.45, 2.75) is 13.0 Å². The SMILES string of the molecule is CC(O)c1noc(-c2ccc(N)c(F)c2)n1. The van der Waals surface area contributed by atoms with Gasteiger partial charge in [-0.3, -0.25) is 0 Å². The lowest BCUT2D eigenvalue weighted by molar-refractivity contribution is 0.184. The molecule has 1 aromatic carbocycles. The van der Waals surface area contributed by atoms with E-state index in [0.29, 0.717) is 5.56 Å². The Hall–Kier alpha value is -1.95. The summed E-state index contributed by atoms with van der Waals surface area (Å²) >= 11 is 0. The number of aliphatic hydroxyl groups excluding tert-OH is 1. The molecule has 16 heavy (non-hydrogen) atoms. The van der Waals surface area contributed by atoms with Gasteiger partial charge in [0.05, 0.1) is 5.69 Å². The zero-order valence-electron chi connectivity index (χ0n) is 8.51. The van der Waals surface area contributed by atoms with Gasteiger partial charge in [-0.1, -0.05) is 5.16 Å². The molecule has 1 aromatic heterocycles. The number of rotatable bonds is 2. The Labute approximate surface area is 90.7 Å². The topological polar surface area (TPSA) is 85.2 Å². The highest BCUT2D eigenvalue weighted by Gasteiger charge is 2.13. The molecule has 0 saturated carbocycles. The molecule has 0 spiro atoms. The fraction of sp³-hybridized carbons (Fsp3) is 0.200. The van der Waals surface area contributed by atoms with Crippen molar-refractivity contribution in [2.75, 3.05) is 5.73 Å². The summed E-state index contributed by atoms with van der Waals surface area (Å²) in [6.45, 7) is 1.51. The third-order valence-electron chi connectivity index (χ3n) is 2.06. The molecule has 0 aliphatic rings. The Balaban J connectivity index is 2.39. The zero-order valence-corrected chi connectivity index (χ0v) is 8.51. The second kappa shape index (κ2) is 3.90. The van der Waals surface area contributed by atoms with Crippen LogP contribution in [0.2, 0.25) is 0 Å². The number of nitrogens with two attached hydrogens (primary N) is 1. The van der Waals surface area contributed by atoms with Crippen LogP contribution in [0.5, 0.6) is 0 Å². The summed E-state index contributed by atoms with van der Waals surface area (Å²) in [5.41, 5.74) is 5.82. The van der Waals surface area contributed by atoms with Crippen molar-refractivity contribution < 1.29 is 14.0 Å². The highest BCUT2D eigenvalue weighted by atomic mass is 19.1. The summed E-state index contributed by atoms with van der Waals surface area (Å²) in [7, 11) is 0. The molecule has 2 rings (SSSR count). The van der Waals surface area contributed by atoms with Crippen LogP contribution >= 0.6 is 0 Å². The largest absolute Gasteiger partial charge is 0.396 e. The molecule has 5 nitrogen and oxygen atoms in total. The van der Waals surface area contributed by atoms with E-state index < -0.39 is 11.9 Å². The normalized spacial score (nSPS) is 12.7. The van der Waals surface area contributed by atoms with Gasteiger partial charge in [-0.2, -0.15) is 4.98 Å². The van der Waals surface area contributed by atoms with Crippen molar-refractivity contribution in [3.05, 3.63) is 29.8 Å². The lowest BCUT2D eigenvalue weighted by atomic mass is 10.2. The number of aliphatic hydroxyl groups is 1. The first-order chi connectivity index (χ1) is 7.58. The van der Waals surface area contributed by atoms with E-state index in [9.17, 15) is 9.50 Å². The van der Waals surface area contributed by atoms with Crippen LogP contribution in [0.1, 0.15) is 18.9 Å². The first-order valence-corrected chi connectivity index (χ1v) is 4.65. The predicted molar refractivity (Wildman–Crippen MR) is 54.7 cm³/mol. The van der Waals surface area contributed by atoms with Crippen LogP contribution in [-0.2, 0) is 0 Å². The molecule has 3 N–H and O–H groups in total. The van der Waals surface area contributed by atoms with Crippen LogP contribution < -0.4 is 5.73 Å². The third-order valence-corrected chi connectivity index (χ3v) is 2.06. The van der Waals surface area contributed by atoms with E-state index in [0.717, 1.165) is 0 Å². The lowest BCUT2D eigenvalue weighted by Crippen LogP contribution is -1.93. The molecule has 6 heteroatoms. The lowest BCUT2D eigenvalue weighted by Gasteiger charge is -1.97. The number of benzene rings is 1. The van der Waals surface area contributed by atoms with Crippen molar-refractivity contribution in [2.24, 2.45) is 0 Å². The Morgan fingerprint density at radius 3 is 2.81 bits per heavy atom. The standard InChI is InChI=1S/C10H10FN3O2/c1-5(15)9-13-10(16-14-9)6-2-3-8(12)7(11)4-6/h2-5,15H,12H2,1H3. The molecular weight excluding hydrogens is 213 g/mol. The Bertz CT molecular complexity index is 511. The molecule has 0 aliphatic carbocycles. The van der Waals surface area contributed by atoms with E-state index in [2.05, 4.69) is 10.1 Å². The average Bonchev–Trinajstić information content (AvgIpc) is 2.71. The number of nitrogens with zero attached hydrogens (tertiary/aromatic N) is 2. The summed E-state index contributed by atoms with van der Waals surface area (Å²) in [6.07, 6.45) is -0.823. The van der Waals surface area contributed by atoms with Crippen LogP contribution in [0.3, 0.4) is 0 Å². The maximum absolute atomic E-state index is 13.2. The molecule has 2 aromatic rings. The minimum Gasteiger partial charge on any atom is -0.396 e. The van der Waals surface area contributed by atoms with E-state index in [1.165, 1.54) is 19.1 Å². The van der Waals surface area contributed by atoms with Crippen molar-refractivity contribution in [3.63, 3.8) is 0 Å². The quantitative estimate of drug-likeness (QED) is 0.754. The molecule has 0 amide bonds. The minimum absolute atomic E-state index is 0.0546. The van der Waals surface area contributed by atoms with Gasteiger partial charge in [-0.05, 0) is 25.1 Å². The first kappa shape index (κ1) is 10.6. The molecule has 0 aliphatic heterocycles. The van der Waals surface area contributed by atoms with Gasteiger partial charge in [-0.25, -0.2) is 4.39 Å². The number of anilines is 1. The third kappa shape index (κ3) is 1.87. The summed E-state index contributed by atoms with van der Waals surface area (Å²) in [5.74, 6) is -0.240. The van der Waals surface area contributed by atoms with Gasteiger partial charge in [-0.15, -0.1) is 0 Å². The molecule has 1 unspecified atom stereocenters. The Morgan fingerprint density at radius 2 is 2.25 bits per heavy atom. The predicted octanol–water partition coefficient (Wildman–Crippen LogP) is 1.51. The molecule has 1 atom stereocenters. The number of halogens is 1. The maximum Gasteiger partial charge on any atom is 0.258 e. The molecule has 0 radical (unpaired) electrons. The van der Waals surface area contributed by atoms with Gasteiger partial charge in [0, 0.05) is 5.56 Å². The van der Waals surface area contributed by atoms with Gasteiger partial charge in [0.2, 0.25) is 0 Å². The minimum atomic E-state index is -0.823. The fourth-order valence-corrected chi connectivity index (χ4v) is 1.18. The van der Waals surface area contributed by atoms with Crippen molar-refractivity contribution in [1.82, 2.24) is 10.1 Å². The van der Waals surface area contributed by atoms with Crippen LogP contribution in [0.4, 0.5) is 10.1 Å². The number of aromatic nitrogens is 2. The fourth-order valence-electron chi connectivity index (χ4n) is 1.18. The van der Waals surface area contributed by atoms with Crippen LogP contribution in [0.15, 0.2) is 22.7 Å². The number of hydrogen-bond acceptors (Lipinski definition) is 5. The molecule has 0 fully saturated rings. The molecule has 0 saturated heterocycles. The summed E-state index contributed by atoms with van der Waals surface area (Å²) in [6, 6.07) is 4.18. The summed E-state index contributed by atoms with van der Waals surface area (Å²) < 4.78 is 18.0. The smallest absolute Gasteiger partial charge is 0.258 e. The van der Waals surface area contributed by atoms with E-state index in [1.54, 1.807) is 6.07 Å². The number of nitrogen functional groups attached to an aromatic ring is 1. The van der Waals surface area contributed by atoms with Crippen molar-refractivity contribution in [3.8, 4) is 11.5 Å². The maximum atomic E-state index is 13.2. The van der Waals surface area contributed by atoms with Crippen molar-refractivity contribution in [1.29, 1.82) is 0 Å². The van der Waals surface area contributed by atoms with Crippen LogP contribution in [0, 0.1) is 5.82 Å². The molecule has 1 heterocycles. The van der Waals surface area contributed by atoms with E-state index in [-0.39, 0.29) is 17.4 Å². The van der Waals surface area contributed by atoms with Gasteiger partial charge in [0.25, 0.3) is 5.89 Å². The van der Waals surface area contributed by atoms with Crippen LogP contribution in [0.25, 0.3) is 11.5 Å². The van der Waals surface area contributed by atoms with Gasteiger partial charge in [0.15, 0.2) is 5.82 Å². The number of hydrogen-bond donors (Lipinski definition) is 2. The van der Waals surface area contributed by atoms with Gasteiger partial charge in [0.1, 0.15) is 11.9 Å². The van der Waals surface area contributed by atoms with Crippen molar-refractivity contribution >= 4 is 5.69 Å². The average molecular weight is 223 g/mol. The van der Waals surface area contributed by atoms with E-state index in [4.69, 9.17) is 10.3 Å². The molecule has 0 bridgehead atoms. The summed E-state index contributed by atoms with van der Waals surface area (Å²) in [4.78, 5) is 3.92. The molecular formula is C10H10FN3O2. The monoisotopic (exact) mass is 223 g/mol. The van der Waals surface area contributed by atoms with Gasteiger partial charge < -0.3 is 15.4 Å². The molecule has 84 valence electrons. The Morgan fingerprint density at radius 1 is 1.50 bits per heavy atom. The summed E-state index contributed by atoms with van der Waals surface area (Å²) in [5, 5.41) is 12.8. The van der Waals surface area contributed by atoms with E-state index >= 15 is 0 Å². The van der Waals surface area contributed by atoms with Gasteiger partial charge >= 0.3 is 0 Å². The highest BCUT2D eigenvalue weighted by molar-refractivity contribution is 5.57.